The summed E-state index contributed by atoms with van der Waals surface area (Å²) in [6, 6.07) is 9.57. The number of rotatable bonds is 12. The van der Waals surface area contributed by atoms with Gasteiger partial charge in [-0.25, -0.2) is 15.0 Å². The van der Waals surface area contributed by atoms with Crippen molar-refractivity contribution in [3.8, 4) is 0 Å². The number of aromatic nitrogens is 5. The van der Waals surface area contributed by atoms with Crippen LogP contribution in [-0.2, 0) is 4.79 Å². The molecule has 1 saturated carbocycles. The second-order valence-electron chi connectivity index (χ2n) is 14.7. The van der Waals surface area contributed by atoms with Gasteiger partial charge >= 0.3 is 0 Å². The molecule has 292 valence electrons. The predicted octanol–water partition coefficient (Wildman–Crippen LogP) is 6.73. The van der Waals surface area contributed by atoms with Crippen molar-refractivity contribution in [1.82, 2.24) is 29.4 Å². The SMILES string of the molecule is CC(=O)c1c(C)c2cnc(Nc3ccc(N4CCN(C(=O)CCCNc5ccc(C)c(C(=O)Nc6nc(C)c(C)s6)c5)CC4)cn3)nc2n(C2CCCC2)c1=O. The van der Waals surface area contributed by atoms with Gasteiger partial charge in [0.25, 0.3) is 11.5 Å². The van der Waals surface area contributed by atoms with Crippen LogP contribution in [0.5, 0.6) is 0 Å². The van der Waals surface area contributed by atoms with E-state index in [4.69, 9.17) is 4.98 Å². The molecule has 2 amide bonds. The Hall–Kier alpha value is -5.70. The van der Waals surface area contributed by atoms with Crippen LogP contribution in [0.3, 0.4) is 0 Å². The number of pyridine rings is 2. The second kappa shape index (κ2) is 16.6. The Morgan fingerprint density at radius 3 is 2.38 bits per heavy atom. The van der Waals surface area contributed by atoms with E-state index in [1.165, 1.54) is 18.3 Å². The van der Waals surface area contributed by atoms with E-state index in [-0.39, 0.29) is 34.8 Å². The number of ketones is 1. The highest BCUT2D eigenvalue weighted by Crippen LogP contribution is 2.32. The molecule has 5 heterocycles. The Morgan fingerprint density at radius 2 is 1.70 bits per heavy atom. The van der Waals surface area contributed by atoms with Crippen molar-refractivity contribution in [2.45, 2.75) is 79.2 Å². The van der Waals surface area contributed by atoms with Crippen LogP contribution >= 0.6 is 11.3 Å². The van der Waals surface area contributed by atoms with Crippen LogP contribution in [0.2, 0.25) is 0 Å². The number of hydrogen-bond donors (Lipinski definition) is 3. The van der Waals surface area contributed by atoms with Gasteiger partial charge in [0.05, 0.1) is 23.1 Å². The molecule has 3 N–H and O–H groups in total. The zero-order chi connectivity index (χ0) is 39.5. The topological polar surface area (TPSA) is 167 Å². The maximum Gasteiger partial charge on any atom is 0.263 e. The van der Waals surface area contributed by atoms with Gasteiger partial charge < -0.3 is 20.4 Å². The van der Waals surface area contributed by atoms with Gasteiger partial charge in [0.2, 0.25) is 11.9 Å². The van der Waals surface area contributed by atoms with Crippen molar-refractivity contribution >= 4 is 68.2 Å². The maximum atomic E-state index is 13.5. The number of amides is 2. The third-order valence-electron chi connectivity index (χ3n) is 10.9. The minimum Gasteiger partial charge on any atom is -0.385 e. The summed E-state index contributed by atoms with van der Waals surface area (Å²) in [4.78, 5) is 75.5. The molecule has 0 bridgehead atoms. The highest BCUT2D eigenvalue weighted by Gasteiger charge is 2.26. The van der Waals surface area contributed by atoms with Gasteiger partial charge in [-0.15, -0.1) is 11.3 Å². The molecule has 1 aliphatic carbocycles. The standard InChI is InChI=1S/C41H48N10O4S/c1-24-12-13-29(21-32(24)38(54)48-41-45-26(3)28(5)56-41)42-16-8-11-35(53)50-19-17-49(18-20-50)31-14-15-34(43-22-31)46-40-44-23-33-25(2)36(27(4)52)39(55)51(37(33)47-40)30-9-6-7-10-30/h12-15,21-23,30,42H,6-11,16-20H2,1-5H3,(H,45,48,54)(H,43,44,46,47). The summed E-state index contributed by atoms with van der Waals surface area (Å²) in [5, 5.41) is 10.8. The number of benzene rings is 1. The van der Waals surface area contributed by atoms with Crippen LogP contribution in [0.4, 0.5) is 28.3 Å². The predicted molar refractivity (Wildman–Crippen MR) is 221 cm³/mol. The van der Waals surface area contributed by atoms with Crippen LogP contribution in [-0.4, -0.2) is 79.7 Å². The maximum absolute atomic E-state index is 13.5. The lowest BCUT2D eigenvalue weighted by Crippen LogP contribution is -2.48. The molecule has 14 nitrogen and oxygen atoms in total. The first kappa shape index (κ1) is 38.6. The lowest BCUT2D eigenvalue weighted by atomic mass is 10.0. The van der Waals surface area contributed by atoms with Crippen molar-refractivity contribution in [3.05, 3.63) is 85.9 Å². The van der Waals surface area contributed by atoms with E-state index in [1.807, 2.05) is 56.0 Å². The third kappa shape index (κ3) is 8.27. The number of Topliss-reactive ketones (excluding diaryl/α,β-unsaturated/α-hetero) is 1. The number of fused-ring (bicyclic) bond motifs is 1. The zero-order valence-corrected chi connectivity index (χ0v) is 33.4. The van der Waals surface area contributed by atoms with Crippen molar-refractivity contribution in [3.63, 3.8) is 0 Å². The molecular formula is C41H48N10O4S. The summed E-state index contributed by atoms with van der Waals surface area (Å²) >= 11 is 1.46. The third-order valence-corrected chi connectivity index (χ3v) is 11.9. The van der Waals surface area contributed by atoms with E-state index in [0.29, 0.717) is 84.6 Å². The molecule has 4 aromatic heterocycles. The molecule has 2 aliphatic rings. The first-order chi connectivity index (χ1) is 27.0. The number of piperazine rings is 1. The van der Waals surface area contributed by atoms with Gasteiger partial charge in [0.15, 0.2) is 10.9 Å². The summed E-state index contributed by atoms with van der Waals surface area (Å²) in [5.74, 6) is 0.574. The molecule has 7 rings (SSSR count). The Kier molecular flexibility index (Phi) is 11.4. The Labute approximate surface area is 329 Å². The number of nitrogens with one attached hydrogen (secondary N) is 3. The quantitative estimate of drug-likeness (QED) is 0.0908. The van der Waals surface area contributed by atoms with E-state index in [9.17, 15) is 19.2 Å². The van der Waals surface area contributed by atoms with E-state index in [1.54, 1.807) is 23.9 Å². The number of carbonyl (C=O) groups excluding carboxylic acids is 3. The van der Waals surface area contributed by atoms with E-state index >= 15 is 0 Å². The van der Waals surface area contributed by atoms with E-state index < -0.39 is 0 Å². The number of anilines is 5. The molecule has 0 radical (unpaired) electrons. The Balaban J connectivity index is 0.896. The highest BCUT2D eigenvalue weighted by molar-refractivity contribution is 7.15. The molecule has 2 fully saturated rings. The first-order valence-electron chi connectivity index (χ1n) is 19.2. The fourth-order valence-electron chi connectivity index (χ4n) is 7.58. The summed E-state index contributed by atoms with van der Waals surface area (Å²) in [6.07, 6.45) is 8.39. The van der Waals surface area contributed by atoms with Gasteiger partial charge in [-0.2, -0.15) is 4.98 Å². The van der Waals surface area contributed by atoms with Crippen LogP contribution < -0.4 is 26.4 Å². The van der Waals surface area contributed by atoms with Gasteiger partial charge in [-0.05, 0) is 89.3 Å². The number of carbonyl (C=O) groups is 3. The lowest BCUT2D eigenvalue weighted by molar-refractivity contribution is -0.131. The van der Waals surface area contributed by atoms with E-state index in [0.717, 1.165) is 53.2 Å². The van der Waals surface area contributed by atoms with Gasteiger partial charge in [0, 0.05) is 72.9 Å². The fraction of sp³-hybridized carbons (Fsp3) is 0.415. The van der Waals surface area contributed by atoms with Crippen molar-refractivity contribution in [2.75, 3.05) is 53.6 Å². The molecule has 0 atom stereocenters. The van der Waals surface area contributed by atoms with E-state index in [2.05, 4.69) is 35.8 Å². The largest absolute Gasteiger partial charge is 0.385 e. The number of aryl methyl sites for hydroxylation is 4. The number of thiazole rings is 1. The van der Waals surface area contributed by atoms with Crippen molar-refractivity contribution in [2.24, 2.45) is 0 Å². The second-order valence-corrected chi connectivity index (χ2v) is 15.9. The monoisotopic (exact) mass is 776 g/mol. The zero-order valence-electron chi connectivity index (χ0n) is 32.6. The summed E-state index contributed by atoms with van der Waals surface area (Å²) < 4.78 is 1.70. The summed E-state index contributed by atoms with van der Waals surface area (Å²) in [7, 11) is 0. The molecule has 1 aliphatic heterocycles. The molecule has 15 heteroatoms. The van der Waals surface area contributed by atoms with Gasteiger partial charge in [0.1, 0.15) is 11.5 Å². The smallest absolute Gasteiger partial charge is 0.263 e. The molecule has 0 unspecified atom stereocenters. The van der Waals surface area contributed by atoms with Crippen molar-refractivity contribution in [1.29, 1.82) is 0 Å². The Bertz CT molecular complexity index is 2320. The fourth-order valence-corrected chi connectivity index (χ4v) is 8.39. The van der Waals surface area contributed by atoms with Crippen molar-refractivity contribution < 1.29 is 14.4 Å². The highest BCUT2D eigenvalue weighted by atomic mass is 32.1. The number of hydrogen-bond acceptors (Lipinski definition) is 12. The number of nitrogens with zero attached hydrogens (tertiary/aromatic N) is 7. The minimum absolute atomic E-state index is 0.00101. The van der Waals surface area contributed by atoms with Crippen LogP contribution in [0.15, 0.2) is 47.5 Å². The molecule has 56 heavy (non-hydrogen) atoms. The van der Waals surface area contributed by atoms with Crippen LogP contribution in [0, 0.1) is 27.7 Å². The lowest BCUT2D eigenvalue weighted by Gasteiger charge is -2.36. The average molecular weight is 777 g/mol. The van der Waals surface area contributed by atoms with Gasteiger partial charge in [-0.3, -0.25) is 29.1 Å². The molecule has 1 aromatic carbocycles. The minimum atomic E-state index is -0.283. The molecule has 5 aromatic rings. The Morgan fingerprint density at radius 1 is 0.929 bits per heavy atom. The summed E-state index contributed by atoms with van der Waals surface area (Å²) in [5.41, 5.74) is 5.22. The van der Waals surface area contributed by atoms with Crippen LogP contribution in [0.1, 0.15) is 93.9 Å². The average Bonchev–Trinajstić information content (AvgIpc) is 3.83. The van der Waals surface area contributed by atoms with Gasteiger partial charge in [-0.1, -0.05) is 18.9 Å². The summed E-state index contributed by atoms with van der Waals surface area (Å²) in [6.45, 7) is 12.3. The first-order valence-corrected chi connectivity index (χ1v) is 20.1. The normalized spacial score (nSPS) is 14.7. The van der Waals surface area contributed by atoms with Crippen LogP contribution in [0.25, 0.3) is 11.0 Å². The molecule has 0 spiro atoms. The molecular weight excluding hydrogens is 729 g/mol. The molecule has 1 saturated heterocycles.